The normalized spacial score (nSPS) is 15.7. The van der Waals surface area contributed by atoms with Gasteiger partial charge in [0.2, 0.25) is 5.91 Å². The Hall–Kier alpha value is -1.54. The molecule has 0 bridgehead atoms. The molecular formula is C15H23NO4. The molecule has 0 atom stereocenters. The standard InChI is InChI=1S/C15H23NO4/c1-3-11-19-12-13-7-9-16(10-8-13)14(17)5-6-15(18)20-4-2/h1,13H,4-12H2,2H3. The molecule has 1 fully saturated rings. The molecule has 0 aromatic heterocycles. The van der Waals surface area contributed by atoms with Crippen LogP contribution in [0.25, 0.3) is 0 Å². The summed E-state index contributed by atoms with van der Waals surface area (Å²) in [6.45, 7) is 4.58. The van der Waals surface area contributed by atoms with Gasteiger partial charge in [-0.25, -0.2) is 0 Å². The van der Waals surface area contributed by atoms with Crippen LogP contribution in [0.2, 0.25) is 0 Å². The number of ether oxygens (including phenoxy) is 2. The summed E-state index contributed by atoms with van der Waals surface area (Å²) in [6.07, 6.45) is 7.37. The number of likely N-dealkylation sites (tertiary alicyclic amines) is 1. The highest BCUT2D eigenvalue weighted by Crippen LogP contribution is 2.18. The van der Waals surface area contributed by atoms with Gasteiger partial charge in [0.15, 0.2) is 0 Å². The average molecular weight is 281 g/mol. The van der Waals surface area contributed by atoms with Crippen molar-refractivity contribution in [2.45, 2.75) is 32.6 Å². The van der Waals surface area contributed by atoms with Crippen LogP contribution in [0, 0.1) is 18.3 Å². The van der Waals surface area contributed by atoms with Gasteiger partial charge in [0.05, 0.1) is 19.6 Å². The molecule has 112 valence electrons. The Balaban J connectivity index is 2.19. The highest BCUT2D eigenvalue weighted by molar-refractivity contribution is 5.81. The van der Waals surface area contributed by atoms with E-state index in [2.05, 4.69) is 5.92 Å². The van der Waals surface area contributed by atoms with E-state index >= 15 is 0 Å². The van der Waals surface area contributed by atoms with Gasteiger partial charge in [-0.1, -0.05) is 5.92 Å². The number of terminal acetylenes is 1. The topological polar surface area (TPSA) is 55.8 Å². The van der Waals surface area contributed by atoms with E-state index in [4.69, 9.17) is 15.9 Å². The lowest BCUT2D eigenvalue weighted by atomic mass is 9.97. The number of nitrogens with zero attached hydrogens (tertiary/aromatic N) is 1. The molecule has 0 aliphatic carbocycles. The monoisotopic (exact) mass is 281 g/mol. The maximum atomic E-state index is 11.9. The second kappa shape index (κ2) is 9.38. The van der Waals surface area contributed by atoms with Gasteiger partial charge in [-0.3, -0.25) is 9.59 Å². The number of amides is 1. The molecule has 1 aliphatic heterocycles. The van der Waals surface area contributed by atoms with Crippen LogP contribution in [0.4, 0.5) is 0 Å². The van der Waals surface area contributed by atoms with E-state index in [1.807, 2.05) is 4.90 Å². The number of piperidine rings is 1. The molecule has 0 saturated carbocycles. The molecule has 0 aromatic carbocycles. The fourth-order valence-corrected chi connectivity index (χ4v) is 2.23. The Kier molecular flexibility index (Phi) is 7.74. The third kappa shape index (κ3) is 6.07. The SMILES string of the molecule is C#CCOCC1CCN(C(=O)CCC(=O)OCC)CC1. The lowest BCUT2D eigenvalue weighted by Crippen LogP contribution is -2.39. The van der Waals surface area contributed by atoms with Gasteiger partial charge in [0.25, 0.3) is 0 Å². The first-order valence-corrected chi connectivity index (χ1v) is 7.12. The molecule has 1 heterocycles. The Morgan fingerprint density at radius 2 is 2.00 bits per heavy atom. The number of esters is 1. The smallest absolute Gasteiger partial charge is 0.306 e. The van der Waals surface area contributed by atoms with Crippen molar-refractivity contribution in [2.24, 2.45) is 5.92 Å². The largest absolute Gasteiger partial charge is 0.466 e. The quantitative estimate of drug-likeness (QED) is 0.400. The van der Waals surface area contributed by atoms with E-state index in [-0.39, 0.29) is 24.7 Å². The van der Waals surface area contributed by atoms with Crippen molar-refractivity contribution < 1.29 is 19.1 Å². The third-order valence-corrected chi connectivity index (χ3v) is 3.35. The van der Waals surface area contributed by atoms with Gasteiger partial charge in [0.1, 0.15) is 6.61 Å². The lowest BCUT2D eigenvalue weighted by molar-refractivity contribution is -0.146. The minimum Gasteiger partial charge on any atom is -0.466 e. The molecule has 1 saturated heterocycles. The van der Waals surface area contributed by atoms with Crippen molar-refractivity contribution in [3.8, 4) is 12.3 Å². The molecule has 20 heavy (non-hydrogen) atoms. The molecule has 5 heteroatoms. The first-order chi connectivity index (χ1) is 9.67. The van der Waals surface area contributed by atoms with Gasteiger partial charge >= 0.3 is 5.97 Å². The maximum Gasteiger partial charge on any atom is 0.306 e. The van der Waals surface area contributed by atoms with Crippen molar-refractivity contribution in [1.82, 2.24) is 4.90 Å². The Morgan fingerprint density at radius 3 is 2.60 bits per heavy atom. The number of hydrogen-bond donors (Lipinski definition) is 0. The van der Waals surface area contributed by atoms with Gasteiger partial charge in [0, 0.05) is 19.5 Å². The van der Waals surface area contributed by atoms with Crippen LogP contribution >= 0.6 is 0 Å². The number of hydrogen-bond acceptors (Lipinski definition) is 4. The summed E-state index contributed by atoms with van der Waals surface area (Å²) in [5, 5.41) is 0. The Morgan fingerprint density at radius 1 is 1.30 bits per heavy atom. The molecular weight excluding hydrogens is 258 g/mol. The number of rotatable bonds is 7. The zero-order valence-corrected chi connectivity index (χ0v) is 12.1. The molecule has 0 unspecified atom stereocenters. The van der Waals surface area contributed by atoms with Gasteiger partial charge in [-0.05, 0) is 25.7 Å². The third-order valence-electron chi connectivity index (χ3n) is 3.35. The van der Waals surface area contributed by atoms with E-state index in [0.717, 1.165) is 25.9 Å². The van der Waals surface area contributed by atoms with E-state index in [1.54, 1.807) is 6.92 Å². The minimum absolute atomic E-state index is 0.0287. The minimum atomic E-state index is -0.307. The summed E-state index contributed by atoms with van der Waals surface area (Å²) < 4.78 is 10.1. The summed E-state index contributed by atoms with van der Waals surface area (Å²) in [6, 6.07) is 0. The highest BCUT2D eigenvalue weighted by atomic mass is 16.5. The average Bonchev–Trinajstić information content (AvgIpc) is 2.46. The zero-order valence-electron chi connectivity index (χ0n) is 12.1. The highest BCUT2D eigenvalue weighted by Gasteiger charge is 2.23. The van der Waals surface area contributed by atoms with Crippen LogP contribution in [0.15, 0.2) is 0 Å². The number of carbonyl (C=O) groups excluding carboxylic acids is 2. The molecule has 1 amide bonds. The lowest BCUT2D eigenvalue weighted by Gasteiger charge is -2.31. The van der Waals surface area contributed by atoms with Crippen LogP contribution in [0.5, 0.6) is 0 Å². The molecule has 5 nitrogen and oxygen atoms in total. The Bertz CT molecular complexity index is 353. The van der Waals surface area contributed by atoms with Crippen molar-refractivity contribution in [3.63, 3.8) is 0 Å². The van der Waals surface area contributed by atoms with E-state index in [1.165, 1.54) is 0 Å². The molecule has 1 aliphatic rings. The maximum absolute atomic E-state index is 11.9. The van der Waals surface area contributed by atoms with Gasteiger partial charge in [-0.2, -0.15) is 0 Å². The van der Waals surface area contributed by atoms with Gasteiger partial charge in [-0.15, -0.1) is 6.42 Å². The summed E-state index contributed by atoms with van der Waals surface area (Å²) in [7, 11) is 0. The summed E-state index contributed by atoms with van der Waals surface area (Å²) in [4.78, 5) is 25.0. The summed E-state index contributed by atoms with van der Waals surface area (Å²) in [5.74, 6) is 2.63. The predicted molar refractivity (Wildman–Crippen MR) is 74.8 cm³/mol. The second-order valence-corrected chi connectivity index (χ2v) is 4.85. The van der Waals surface area contributed by atoms with Crippen LogP contribution in [-0.2, 0) is 19.1 Å². The van der Waals surface area contributed by atoms with E-state index in [9.17, 15) is 9.59 Å². The molecule has 0 aromatic rings. The first-order valence-electron chi connectivity index (χ1n) is 7.12. The molecule has 0 N–H and O–H groups in total. The van der Waals surface area contributed by atoms with Crippen LogP contribution < -0.4 is 0 Å². The molecule has 0 spiro atoms. The van der Waals surface area contributed by atoms with Crippen LogP contribution in [-0.4, -0.2) is 49.7 Å². The summed E-state index contributed by atoms with van der Waals surface area (Å²) >= 11 is 0. The second-order valence-electron chi connectivity index (χ2n) is 4.85. The molecule has 1 rings (SSSR count). The van der Waals surface area contributed by atoms with Crippen molar-refractivity contribution in [1.29, 1.82) is 0 Å². The molecule has 0 radical (unpaired) electrons. The fraction of sp³-hybridized carbons (Fsp3) is 0.733. The summed E-state index contributed by atoms with van der Waals surface area (Å²) in [5.41, 5.74) is 0. The van der Waals surface area contributed by atoms with Crippen LogP contribution in [0.3, 0.4) is 0 Å². The van der Waals surface area contributed by atoms with Crippen molar-refractivity contribution in [2.75, 3.05) is 32.9 Å². The predicted octanol–water partition coefficient (Wildman–Crippen LogP) is 1.22. The van der Waals surface area contributed by atoms with Crippen molar-refractivity contribution >= 4 is 11.9 Å². The van der Waals surface area contributed by atoms with Gasteiger partial charge < -0.3 is 14.4 Å². The Labute approximate surface area is 120 Å². The van der Waals surface area contributed by atoms with E-state index in [0.29, 0.717) is 25.7 Å². The number of carbonyl (C=O) groups is 2. The van der Waals surface area contributed by atoms with Crippen molar-refractivity contribution in [3.05, 3.63) is 0 Å². The fourth-order valence-electron chi connectivity index (χ4n) is 2.23. The van der Waals surface area contributed by atoms with Crippen LogP contribution in [0.1, 0.15) is 32.6 Å². The zero-order chi connectivity index (χ0) is 14.8. The van der Waals surface area contributed by atoms with E-state index < -0.39 is 0 Å². The first kappa shape index (κ1) is 16.5.